The van der Waals surface area contributed by atoms with Crippen LogP contribution in [0.1, 0.15) is 17.5 Å². The number of nitrogens with one attached hydrogen (secondary N) is 2. The molecule has 2 aromatic rings. The van der Waals surface area contributed by atoms with Crippen LogP contribution in [0.3, 0.4) is 0 Å². The topological polar surface area (TPSA) is 85.2 Å². The molecule has 0 radical (unpaired) electrons. The lowest BCUT2D eigenvalue weighted by molar-refractivity contribution is -0.119. The molecule has 2 rings (SSSR count). The van der Waals surface area contributed by atoms with Crippen LogP contribution in [-0.2, 0) is 9.59 Å². The van der Waals surface area contributed by atoms with Gasteiger partial charge in [0.2, 0.25) is 11.8 Å². The van der Waals surface area contributed by atoms with Gasteiger partial charge in [-0.3, -0.25) is 14.5 Å². The van der Waals surface area contributed by atoms with E-state index in [1.807, 2.05) is 31.2 Å². The fraction of sp³-hybridized carbons (Fsp3) is 0.250. The van der Waals surface area contributed by atoms with Crippen LogP contribution in [-0.4, -0.2) is 36.9 Å². The number of anilines is 2. The summed E-state index contributed by atoms with van der Waals surface area (Å²) in [5.41, 5.74) is 2.93. The van der Waals surface area contributed by atoms with Gasteiger partial charge in [0.1, 0.15) is 0 Å². The molecule has 0 bridgehead atoms. The lowest BCUT2D eigenvalue weighted by atomic mass is 10.2. The van der Waals surface area contributed by atoms with Crippen molar-refractivity contribution in [1.29, 1.82) is 5.26 Å². The highest BCUT2D eigenvalue weighted by Gasteiger charge is 2.10. The summed E-state index contributed by atoms with van der Waals surface area (Å²) in [4.78, 5) is 26.0. The maximum absolute atomic E-state index is 12.2. The van der Waals surface area contributed by atoms with Crippen molar-refractivity contribution in [2.24, 2.45) is 0 Å². The summed E-state index contributed by atoms with van der Waals surface area (Å²) in [7, 11) is 1.79. The van der Waals surface area contributed by atoms with Gasteiger partial charge >= 0.3 is 0 Å². The Morgan fingerprint density at radius 2 is 1.81 bits per heavy atom. The predicted octanol–water partition coefficient (Wildman–Crippen LogP) is 3.53. The molecule has 0 aliphatic carbocycles. The average molecular weight is 429 g/mol. The van der Waals surface area contributed by atoms with Crippen molar-refractivity contribution in [3.8, 4) is 6.07 Å². The molecule has 7 heteroatoms. The first-order valence-corrected chi connectivity index (χ1v) is 9.21. The minimum absolute atomic E-state index is 0.129. The molecule has 27 heavy (non-hydrogen) atoms. The predicted molar refractivity (Wildman–Crippen MR) is 109 cm³/mol. The van der Waals surface area contributed by atoms with Crippen molar-refractivity contribution < 1.29 is 9.59 Å². The van der Waals surface area contributed by atoms with Crippen molar-refractivity contribution in [3.05, 3.63) is 58.1 Å². The third kappa shape index (κ3) is 6.85. The van der Waals surface area contributed by atoms with Crippen LogP contribution in [0.15, 0.2) is 46.9 Å². The Balaban J connectivity index is 1.75. The normalized spacial score (nSPS) is 10.3. The highest BCUT2D eigenvalue weighted by molar-refractivity contribution is 9.10. The summed E-state index contributed by atoms with van der Waals surface area (Å²) in [5, 5.41) is 14.4. The number of halogens is 1. The van der Waals surface area contributed by atoms with Crippen molar-refractivity contribution in [1.82, 2.24) is 4.90 Å². The van der Waals surface area contributed by atoms with E-state index in [2.05, 4.69) is 26.6 Å². The minimum Gasteiger partial charge on any atom is -0.326 e. The van der Waals surface area contributed by atoms with Crippen LogP contribution in [0, 0.1) is 18.3 Å². The van der Waals surface area contributed by atoms with Gasteiger partial charge in [-0.15, -0.1) is 0 Å². The smallest absolute Gasteiger partial charge is 0.238 e. The molecule has 0 aromatic heterocycles. The van der Waals surface area contributed by atoms with Crippen LogP contribution < -0.4 is 10.6 Å². The quantitative estimate of drug-likeness (QED) is 0.705. The Hall–Kier alpha value is -2.69. The van der Waals surface area contributed by atoms with Crippen LogP contribution >= 0.6 is 15.9 Å². The Morgan fingerprint density at radius 1 is 1.11 bits per heavy atom. The molecule has 0 saturated heterocycles. The van der Waals surface area contributed by atoms with Gasteiger partial charge in [0.25, 0.3) is 0 Å². The summed E-state index contributed by atoms with van der Waals surface area (Å²) in [5.74, 6) is -0.272. The largest absolute Gasteiger partial charge is 0.326 e. The maximum atomic E-state index is 12.2. The lowest BCUT2D eigenvalue weighted by Gasteiger charge is -2.17. The molecule has 2 amide bonds. The van der Waals surface area contributed by atoms with E-state index in [0.29, 0.717) is 17.8 Å². The van der Waals surface area contributed by atoms with Crippen molar-refractivity contribution >= 4 is 39.1 Å². The number of carbonyl (C=O) groups is 2. The van der Waals surface area contributed by atoms with E-state index in [9.17, 15) is 9.59 Å². The SMILES string of the molecule is Cc1cc(Br)ccc1NC(=O)CN(C)CCC(=O)Nc1ccc(C#N)cc1. The Kier molecular flexibility index (Phi) is 7.53. The first-order chi connectivity index (χ1) is 12.9. The molecule has 0 aliphatic heterocycles. The number of likely N-dealkylation sites (N-methyl/N-ethyl adjacent to an activating group) is 1. The van der Waals surface area contributed by atoms with Gasteiger partial charge in [0, 0.05) is 28.8 Å². The standard InChI is InChI=1S/C20H21BrN4O2/c1-14-11-16(21)5-8-18(14)24-20(27)13-25(2)10-9-19(26)23-17-6-3-15(12-22)4-7-17/h3-8,11H,9-10,13H2,1-2H3,(H,23,26)(H,24,27). The second kappa shape index (κ2) is 9.86. The molecule has 140 valence electrons. The number of hydrogen-bond donors (Lipinski definition) is 2. The van der Waals surface area contributed by atoms with Gasteiger partial charge in [-0.25, -0.2) is 0 Å². The molecule has 0 heterocycles. The maximum Gasteiger partial charge on any atom is 0.238 e. The number of aryl methyl sites for hydroxylation is 1. The van der Waals surface area contributed by atoms with Crippen LogP contribution in [0.2, 0.25) is 0 Å². The molecule has 6 nitrogen and oxygen atoms in total. The zero-order valence-electron chi connectivity index (χ0n) is 15.3. The molecule has 2 N–H and O–H groups in total. The van der Waals surface area contributed by atoms with E-state index >= 15 is 0 Å². The van der Waals surface area contributed by atoms with Crippen LogP contribution in [0.4, 0.5) is 11.4 Å². The molecule has 0 aliphatic rings. The summed E-state index contributed by atoms with van der Waals surface area (Å²) in [6.07, 6.45) is 0.265. The first kappa shape index (κ1) is 20.6. The summed E-state index contributed by atoms with van der Waals surface area (Å²) in [6, 6.07) is 14.4. The van der Waals surface area contributed by atoms with Crippen LogP contribution in [0.5, 0.6) is 0 Å². The van der Waals surface area contributed by atoms with E-state index < -0.39 is 0 Å². The highest BCUT2D eigenvalue weighted by Crippen LogP contribution is 2.19. The Morgan fingerprint density at radius 3 is 2.44 bits per heavy atom. The van der Waals surface area contributed by atoms with Crippen molar-refractivity contribution in [2.75, 3.05) is 30.8 Å². The molecule has 0 unspecified atom stereocenters. The van der Waals surface area contributed by atoms with E-state index in [0.717, 1.165) is 15.7 Å². The Labute approximate surface area is 167 Å². The van der Waals surface area contributed by atoms with Crippen molar-refractivity contribution in [2.45, 2.75) is 13.3 Å². The molecule has 2 aromatic carbocycles. The van der Waals surface area contributed by atoms with Gasteiger partial charge in [-0.1, -0.05) is 15.9 Å². The van der Waals surface area contributed by atoms with Crippen LogP contribution in [0.25, 0.3) is 0 Å². The molecule has 0 spiro atoms. The van der Waals surface area contributed by atoms with Gasteiger partial charge in [-0.05, 0) is 62.0 Å². The second-order valence-corrected chi connectivity index (χ2v) is 7.15. The monoisotopic (exact) mass is 428 g/mol. The van der Waals surface area contributed by atoms with Gasteiger partial charge in [0.05, 0.1) is 18.2 Å². The fourth-order valence-electron chi connectivity index (χ4n) is 2.43. The Bertz CT molecular complexity index is 859. The third-order valence-corrected chi connectivity index (χ3v) is 4.39. The van der Waals surface area contributed by atoms with E-state index in [4.69, 9.17) is 5.26 Å². The summed E-state index contributed by atoms with van der Waals surface area (Å²) in [6.45, 7) is 2.58. The van der Waals surface area contributed by atoms with Crippen molar-refractivity contribution in [3.63, 3.8) is 0 Å². The molecular formula is C20H21BrN4O2. The van der Waals surface area contributed by atoms with E-state index in [1.54, 1.807) is 36.2 Å². The number of nitriles is 1. The van der Waals surface area contributed by atoms with E-state index in [1.165, 1.54) is 0 Å². The zero-order valence-corrected chi connectivity index (χ0v) is 16.8. The summed E-state index contributed by atoms with van der Waals surface area (Å²) >= 11 is 3.39. The molecule has 0 atom stereocenters. The minimum atomic E-state index is -0.143. The van der Waals surface area contributed by atoms with Gasteiger partial charge in [-0.2, -0.15) is 5.26 Å². The summed E-state index contributed by atoms with van der Waals surface area (Å²) < 4.78 is 0.961. The number of nitrogens with zero attached hydrogens (tertiary/aromatic N) is 2. The first-order valence-electron chi connectivity index (χ1n) is 8.42. The molecular weight excluding hydrogens is 408 g/mol. The molecule has 0 fully saturated rings. The second-order valence-electron chi connectivity index (χ2n) is 6.23. The number of amides is 2. The zero-order chi connectivity index (χ0) is 19.8. The lowest BCUT2D eigenvalue weighted by Crippen LogP contribution is -2.32. The van der Waals surface area contributed by atoms with E-state index in [-0.39, 0.29) is 24.8 Å². The number of carbonyl (C=O) groups excluding carboxylic acids is 2. The van der Waals surface area contributed by atoms with Gasteiger partial charge in [0.15, 0.2) is 0 Å². The molecule has 0 saturated carbocycles. The third-order valence-electron chi connectivity index (χ3n) is 3.89. The highest BCUT2D eigenvalue weighted by atomic mass is 79.9. The fourth-order valence-corrected chi connectivity index (χ4v) is 2.90. The number of benzene rings is 2. The van der Waals surface area contributed by atoms with Gasteiger partial charge < -0.3 is 10.6 Å². The number of rotatable bonds is 7. The average Bonchev–Trinajstić information content (AvgIpc) is 2.63. The number of hydrogen-bond acceptors (Lipinski definition) is 4.